The second-order valence-electron chi connectivity index (χ2n) is 4.55. The van der Waals surface area contributed by atoms with Gasteiger partial charge in [-0.3, -0.25) is 5.32 Å². The Balaban J connectivity index is 2.10. The molecule has 0 aliphatic heterocycles. The molecule has 3 heteroatoms. The van der Waals surface area contributed by atoms with Gasteiger partial charge in [0, 0.05) is 10.9 Å². The van der Waals surface area contributed by atoms with E-state index in [1.807, 2.05) is 0 Å². The molecule has 92 valence electrons. The van der Waals surface area contributed by atoms with Crippen molar-refractivity contribution in [3.05, 3.63) is 20.8 Å². The smallest absolute Gasteiger partial charge is 0.0934 e. The summed E-state index contributed by atoms with van der Waals surface area (Å²) >= 11 is 7.81. The van der Waals surface area contributed by atoms with Gasteiger partial charge in [0.05, 0.1) is 10.4 Å². The van der Waals surface area contributed by atoms with Crippen molar-refractivity contribution in [3.8, 4) is 12.3 Å². The van der Waals surface area contributed by atoms with Gasteiger partial charge in [0.25, 0.3) is 0 Å². The van der Waals surface area contributed by atoms with Crippen LogP contribution in [0.4, 0.5) is 0 Å². The molecule has 17 heavy (non-hydrogen) atoms. The molecule has 0 saturated carbocycles. The second-order valence-corrected chi connectivity index (χ2v) is 6.32. The molecule has 0 fully saturated rings. The number of nitrogens with one attached hydrogen (secondary N) is 1. The van der Waals surface area contributed by atoms with Crippen LogP contribution in [0.15, 0.2) is 6.07 Å². The Bertz CT molecular complexity index is 418. The summed E-state index contributed by atoms with van der Waals surface area (Å²) in [4.78, 5) is 1.44. The molecular formula is C14H18ClNS. The molecule has 0 bridgehead atoms. The average Bonchev–Trinajstić information content (AvgIpc) is 2.70. The van der Waals surface area contributed by atoms with E-state index in [0.717, 1.165) is 17.2 Å². The average molecular weight is 268 g/mol. The van der Waals surface area contributed by atoms with Crippen molar-refractivity contribution >= 4 is 22.9 Å². The molecule has 0 saturated heterocycles. The maximum Gasteiger partial charge on any atom is 0.0934 e. The first-order valence-corrected chi connectivity index (χ1v) is 7.44. The normalized spacial score (nSPS) is 20.6. The lowest BCUT2D eigenvalue weighted by Gasteiger charge is -2.26. The molecule has 1 nitrogen and oxygen atoms in total. The minimum Gasteiger partial charge on any atom is -0.297 e. The predicted molar refractivity (Wildman–Crippen MR) is 75.7 cm³/mol. The van der Waals surface area contributed by atoms with Crippen molar-refractivity contribution in [2.75, 3.05) is 0 Å². The number of hydrogen-bond donors (Lipinski definition) is 1. The minimum atomic E-state index is 0.189. The van der Waals surface area contributed by atoms with Gasteiger partial charge in [-0.15, -0.1) is 17.8 Å². The molecular weight excluding hydrogens is 250 g/mol. The molecule has 2 unspecified atom stereocenters. The topological polar surface area (TPSA) is 12.0 Å². The molecule has 0 aromatic carbocycles. The van der Waals surface area contributed by atoms with Crippen LogP contribution in [0.2, 0.25) is 4.34 Å². The SMILES string of the molecule is C#CC(CCC)NC1CCCc2sc(Cl)cc21. The molecule has 1 aliphatic carbocycles. The van der Waals surface area contributed by atoms with Gasteiger partial charge < -0.3 is 0 Å². The molecule has 1 N–H and O–H groups in total. The summed E-state index contributed by atoms with van der Waals surface area (Å²) < 4.78 is 0.899. The summed E-state index contributed by atoms with van der Waals surface area (Å²) in [5.74, 6) is 2.85. The fourth-order valence-electron chi connectivity index (χ4n) is 2.44. The molecule has 2 atom stereocenters. The largest absolute Gasteiger partial charge is 0.297 e. The first-order chi connectivity index (χ1) is 8.24. The van der Waals surface area contributed by atoms with Crippen molar-refractivity contribution in [2.45, 2.75) is 51.1 Å². The van der Waals surface area contributed by atoms with Gasteiger partial charge in [-0.2, -0.15) is 0 Å². The highest BCUT2D eigenvalue weighted by molar-refractivity contribution is 7.16. The second kappa shape index (κ2) is 5.91. The maximum atomic E-state index is 6.10. The lowest BCUT2D eigenvalue weighted by Crippen LogP contribution is -2.33. The van der Waals surface area contributed by atoms with Gasteiger partial charge in [-0.05, 0) is 37.3 Å². The summed E-state index contributed by atoms with van der Waals surface area (Å²) in [6, 6.07) is 2.70. The first-order valence-electron chi connectivity index (χ1n) is 6.25. The van der Waals surface area contributed by atoms with Crippen LogP contribution >= 0.6 is 22.9 Å². The molecule has 0 radical (unpaired) electrons. The lowest BCUT2D eigenvalue weighted by molar-refractivity contribution is 0.423. The van der Waals surface area contributed by atoms with Crippen LogP contribution < -0.4 is 5.32 Å². The highest BCUT2D eigenvalue weighted by Gasteiger charge is 2.24. The van der Waals surface area contributed by atoms with Crippen molar-refractivity contribution in [1.29, 1.82) is 0 Å². The standard InChI is InChI=1S/C14H18ClNS/c1-3-6-10(4-2)16-12-7-5-8-13-11(12)9-14(15)17-13/h2,9-10,12,16H,3,5-8H2,1H3. The Hall–Kier alpha value is -0.490. The summed E-state index contributed by atoms with van der Waals surface area (Å²) in [5, 5.41) is 3.59. The van der Waals surface area contributed by atoms with Gasteiger partial charge in [0.1, 0.15) is 0 Å². The fraction of sp³-hybridized carbons (Fsp3) is 0.571. The molecule has 0 spiro atoms. The lowest BCUT2D eigenvalue weighted by atomic mass is 9.93. The van der Waals surface area contributed by atoms with E-state index in [4.69, 9.17) is 18.0 Å². The third-order valence-corrected chi connectivity index (χ3v) is 4.60. The zero-order chi connectivity index (χ0) is 12.3. The summed E-state index contributed by atoms with van der Waals surface area (Å²) in [6.45, 7) is 2.17. The quantitative estimate of drug-likeness (QED) is 0.808. The zero-order valence-corrected chi connectivity index (χ0v) is 11.7. The minimum absolute atomic E-state index is 0.189. The number of aryl methyl sites for hydroxylation is 1. The van der Waals surface area contributed by atoms with E-state index in [1.54, 1.807) is 11.3 Å². The number of terminal acetylenes is 1. The Labute approximate surface area is 113 Å². The van der Waals surface area contributed by atoms with E-state index >= 15 is 0 Å². The van der Waals surface area contributed by atoms with Crippen molar-refractivity contribution in [3.63, 3.8) is 0 Å². The summed E-state index contributed by atoms with van der Waals surface area (Å²) in [5.41, 5.74) is 1.38. The Morgan fingerprint density at radius 3 is 3.24 bits per heavy atom. The van der Waals surface area contributed by atoms with Gasteiger partial charge in [-0.1, -0.05) is 30.9 Å². The molecule has 1 aromatic rings. The zero-order valence-electron chi connectivity index (χ0n) is 10.1. The molecule has 1 heterocycles. The van der Waals surface area contributed by atoms with Crippen molar-refractivity contribution < 1.29 is 0 Å². The van der Waals surface area contributed by atoms with Gasteiger partial charge in [-0.25, -0.2) is 0 Å². The monoisotopic (exact) mass is 267 g/mol. The molecule has 2 rings (SSSR count). The highest BCUT2D eigenvalue weighted by atomic mass is 35.5. The maximum absolute atomic E-state index is 6.10. The van der Waals surface area contributed by atoms with Crippen LogP contribution in [-0.2, 0) is 6.42 Å². The number of fused-ring (bicyclic) bond motifs is 1. The van der Waals surface area contributed by atoms with Gasteiger partial charge in [0.2, 0.25) is 0 Å². The Morgan fingerprint density at radius 2 is 2.53 bits per heavy atom. The van der Waals surface area contributed by atoms with Crippen LogP contribution in [0.3, 0.4) is 0 Å². The predicted octanol–water partition coefficient (Wildman–Crippen LogP) is 4.17. The number of thiophene rings is 1. The summed E-state index contributed by atoms with van der Waals surface area (Å²) in [7, 11) is 0. The van der Waals surface area contributed by atoms with Crippen molar-refractivity contribution in [1.82, 2.24) is 5.32 Å². The first kappa shape index (κ1) is 13.0. The Kier molecular flexibility index (Phi) is 4.50. The van der Waals surface area contributed by atoms with Crippen molar-refractivity contribution in [2.24, 2.45) is 0 Å². The Morgan fingerprint density at radius 1 is 1.71 bits per heavy atom. The van der Waals surface area contributed by atoms with Crippen LogP contribution in [0.1, 0.15) is 49.1 Å². The van der Waals surface area contributed by atoms with E-state index in [1.165, 1.54) is 29.7 Å². The van der Waals surface area contributed by atoms with Crippen LogP contribution in [0.5, 0.6) is 0 Å². The molecule has 1 aliphatic rings. The third-order valence-electron chi connectivity index (χ3n) is 3.26. The molecule has 0 amide bonds. The van der Waals surface area contributed by atoms with Gasteiger partial charge in [0.15, 0.2) is 0 Å². The van der Waals surface area contributed by atoms with Crippen LogP contribution in [0.25, 0.3) is 0 Å². The summed E-state index contributed by atoms with van der Waals surface area (Å²) in [6.07, 6.45) is 11.3. The van der Waals surface area contributed by atoms with Crippen LogP contribution in [-0.4, -0.2) is 6.04 Å². The van der Waals surface area contributed by atoms with E-state index < -0.39 is 0 Å². The van der Waals surface area contributed by atoms with E-state index in [9.17, 15) is 0 Å². The third kappa shape index (κ3) is 3.04. The van der Waals surface area contributed by atoms with Crippen LogP contribution in [0, 0.1) is 12.3 Å². The fourth-order valence-corrected chi connectivity index (χ4v) is 3.82. The number of hydrogen-bond acceptors (Lipinski definition) is 2. The molecule has 1 aromatic heterocycles. The number of rotatable bonds is 4. The van der Waals surface area contributed by atoms with E-state index in [2.05, 4.69) is 24.2 Å². The number of halogens is 1. The highest BCUT2D eigenvalue weighted by Crippen LogP contribution is 2.38. The van der Waals surface area contributed by atoms with E-state index in [0.29, 0.717) is 6.04 Å². The van der Waals surface area contributed by atoms with Gasteiger partial charge >= 0.3 is 0 Å². The van der Waals surface area contributed by atoms with E-state index in [-0.39, 0.29) is 6.04 Å².